The van der Waals surface area contributed by atoms with Gasteiger partial charge in [-0.1, -0.05) is 118 Å². The highest BCUT2D eigenvalue weighted by molar-refractivity contribution is 7.99. The number of likely N-dealkylation sites (tertiary alicyclic amines) is 1. The summed E-state index contributed by atoms with van der Waals surface area (Å²) in [4.78, 5) is 26.5. The molecule has 2 aliphatic heterocycles. The number of carbonyl (C=O) groups excluding carboxylic acids is 1. The predicted molar refractivity (Wildman–Crippen MR) is 300 cm³/mol. The van der Waals surface area contributed by atoms with Gasteiger partial charge in [-0.15, -0.1) is 0 Å². The van der Waals surface area contributed by atoms with Crippen LogP contribution in [0, 0.1) is 17.3 Å². The van der Waals surface area contributed by atoms with Crippen LogP contribution in [0.15, 0.2) is 57.5 Å². The van der Waals surface area contributed by atoms with Crippen molar-refractivity contribution in [2.75, 3.05) is 33.2 Å². The third-order valence-corrected chi connectivity index (χ3v) is 18.6. The molecule has 2 aliphatic carbocycles. The van der Waals surface area contributed by atoms with Crippen molar-refractivity contribution in [1.29, 1.82) is 0 Å². The zero-order valence-electron chi connectivity index (χ0n) is 43.4. The first-order valence-electron chi connectivity index (χ1n) is 25.8. The number of Topliss-reactive ketones (excluding diaryl/α,β-unsaturated/α-hetero) is 1. The summed E-state index contributed by atoms with van der Waals surface area (Å²) in [7, 11) is 0. The molecule has 1 fully saturated rings. The van der Waals surface area contributed by atoms with Gasteiger partial charge in [0.2, 0.25) is 5.78 Å². The quantitative estimate of drug-likeness (QED) is 0.0599. The topological polar surface area (TPSA) is 68.2 Å². The average molecular weight is 976 g/mol. The second-order valence-electron chi connectivity index (χ2n) is 21.3. The third-order valence-electron chi connectivity index (χ3n) is 15.4. The molecule has 1 aromatic carbocycles. The van der Waals surface area contributed by atoms with Crippen LogP contribution in [0.4, 0.5) is 11.4 Å². The first-order valence-corrected chi connectivity index (χ1v) is 28.9. The number of aliphatic hydroxyl groups is 1. The van der Waals surface area contributed by atoms with Crippen LogP contribution in [0.1, 0.15) is 185 Å². The van der Waals surface area contributed by atoms with E-state index < -0.39 is 0 Å². The van der Waals surface area contributed by atoms with Crippen LogP contribution in [0.25, 0.3) is 5.57 Å². The molecule has 4 unspecified atom stereocenters. The molecule has 6 nitrogen and oxygen atoms in total. The van der Waals surface area contributed by atoms with E-state index in [2.05, 4.69) is 136 Å². The number of thiocarbonyl (C=S) groups is 2. The lowest BCUT2D eigenvalue weighted by molar-refractivity contribution is -0.111. The Kier molecular flexibility index (Phi) is 19.8. The monoisotopic (exact) mass is 975 g/mol. The number of nitrogens with one attached hydrogen (secondary N) is 1. The zero-order valence-corrected chi connectivity index (χ0v) is 46.7. The fourth-order valence-corrected chi connectivity index (χ4v) is 13.5. The number of hydrogen-bond acceptors (Lipinski definition) is 8. The smallest absolute Gasteiger partial charge is 0.201 e. The number of rotatable bonds is 24. The molecule has 2 N–H and O–H groups in total. The van der Waals surface area contributed by atoms with Crippen molar-refractivity contribution >= 4 is 86.4 Å². The van der Waals surface area contributed by atoms with E-state index in [4.69, 9.17) is 29.4 Å². The number of hydrogen-bond donors (Lipinski definition) is 2. The Morgan fingerprint density at radius 3 is 1.88 bits per heavy atom. The molecule has 0 radical (unpaired) electrons. The second-order valence-corrected chi connectivity index (χ2v) is 24.5. The van der Waals surface area contributed by atoms with Crippen molar-refractivity contribution in [3.63, 3.8) is 0 Å². The lowest BCUT2D eigenvalue weighted by Gasteiger charge is -2.34. The van der Waals surface area contributed by atoms with E-state index in [0.717, 1.165) is 70.2 Å². The summed E-state index contributed by atoms with van der Waals surface area (Å²) in [6, 6.07) is 5.35. The summed E-state index contributed by atoms with van der Waals surface area (Å²) in [6.45, 7) is 31.8. The molecule has 0 amide bonds. The summed E-state index contributed by atoms with van der Waals surface area (Å²) in [6.07, 6.45) is 17.9. The molecule has 2 heterocycles. The van der Waals surface area contributed by atoms with Crippen LogP contribution in [-0.2, 0) is 10.2 Å². The Morgan fingerprint density at radius 1 is 0.788 bits per heavy atom. The van der Waals surface area contributed by atoms with E-state index in [-0.39, 0.29) is 46.5 Å². The maximum Gasteiger partial charge on any atom is 0.201 e. The average Bonchev–Trinajstić information content (AvgIpc) is 3.58. The van der Waals surface area contributed by atoms with Crippen LogP contribution >= 0.6 is 48.0 Å². The van der Waals surface area contributed by atoms with Gasteiger partial charge >= 0.3 is 0 Å². The van der Waals surface area contributed by atoms with Gasteiger partial charge in [-0.05, 0) is 144 Å². The molecular weight excluding hydrogens is 889 g/mol. The maximum absolute atomic E-state index is 15.0. The van der Waals surface area contributed by atoms with Gasteiger partial charge in [0.15, 0.2) is 0 Å². The highest BCUT2D eigenvalue weighted by atomic mass is 32.2. The number of thioether (sulfide) groups is 2. The van der Waals surface area contributed by atoms with E-state index in [1.807, 2.05) is 23.5 Å². The molecule has 5 rings (SSSR count). The normalized spacial score (nSPS) is 22.5. The molecule has 4 atom stereocenters. The predicted octanol–water partition coefficient (Wildman–Crippen LogP) is 15.7. The minimum Gasteiger partial charge on any atom is -0.506 e. The van der Waals surface area contributed by atoms with Gasteiger partial charge in [-0.2, -0.15) is 23.5 Å². The summed E-state index contributed by atoms with van der Waals surface area (Å²) >= 11 is 16.1. The molecule has 366 valence electrons. The molecule has 0 aromatic heterocycles. The Balaban J connectivity index is 1.52. The lowest BCUT2D eigenvalue weighted by atomic mass is 9.73. The molecule has 0 saturated carbocycles. The Hall–Kier alpha value is -2.40. The number of aliphatic hydroxyl groups excluding tert-OH is 1. The number of carbonyl (C=O) groups is 1. The van der Waals surface area contributed by atoms with Gasteiger partial charge < -0.3 is 20.2 Å². The van der Waals surface area contributed by atoms with E-state index in [9.17, 15) is 5.11 Å². The number of nitrogens with zero attached hydrogens (tertiary/aromatic N) is 3. The second kappa shape index (κ2) is 23.9. The van der Waals surface area contributed by atoms with Crippen LogP contribution < -0.4 is 10.2 Å². The van der Waals surface area contributed by atoms with Crippen molar-refractivity contribution in [3.8, 4) is 0 Å². The van der Waals surface area contributed by atoms with E-state index in [1.54, 1.807) is 0 Å². The molecule has 4 aliphatic rings. The summed E-state index contributed by atoms with van der Waals surface area (Å²) < 4.78 is 0. The van der Waals surface area contributed by atoms with Gasteiger partial charge in [0.25, 0.3) is 0 Å². The van der Waals surface area contributed by atoms with Crippen LogP contribution in [0.3, 0.4) is 0 Å². The molecule has 10 heteroatoms. The standard InChI is InChI=1S/C56H86N4O2S4/c1-15-19-23-39(17-3)33-65-27-21-25-49(63)57-45-31-47-43(55(11,12)37(9)59(47)35(5)6)29-41(45)51-53(61)52(54(51)62)42-30-44-48(60(36(7)8)38(10)56(44,13)14)32-46(42)58-50(64)26-22-28-66-34-40(18-4)24-20-16-2/h29-32,35-40,61H,15-28,33-34H2,1-14H3,(H,57,63)/b52-42-,58-46?. The van der Waals surface area contributed by atoms with E-state index in [0.29, 0.717) is 39.4 Å². The largest absolute Gasteiger partial charge is 0.506 e. The first-order chi connectivity index (χ1) is 31.3. The van der Waals surface area contributed by atoms with E-state index >= 15 is 4.79 Å². The van der Waals surface area contributed by atoms with Gasteiger partial charge in [0, 0.05) is 69.6 Å². The van der Waals surface area contributed by atoms with Gasteiger partial charge in [0.1, 0.15) is 10.7 Å². The summed E-state index contributed by atoms with van der Waals surface area (Å²) in [5.41, 5.74) is 7.69. The minimum atomic E-state index is -0.198. The van der Waals surface area contributed by atoms with Gasteiger partial charge in [-0.25, -0.2) is 4.99 Å². The van der Waals surface area contributed by atoms with Crippen LogP contribution in [0.2, 0.25) is 0 Å². The van der Waals surface area contributed by atoms with Crippen LogP contribution in [-0.4, -0.2) is 78.7 Å². The number of ketones is 1. The third kappa shape index (κ3) is 11.9. The molecule has 0 bridgehead atoms. The lowest BCUT2D eigenvalue weighted by Crippen LogP contribution is -2.42. The Bertz CT molecular complexity index is 2090. The zero-order chi connectivity index (χ0) is 48.7. The van der Waals surface area contributed by atoms with Gasteiger partial charge in [-0.3, -0.25) is 4.79 Å². The van der Waals surface area contributed by atoms with Gasteiger partial charge in [0.05, 0.1) is 21.8 Å². The Labute approximate surface area is 421 Å². The summed E-state index contributed by atoms with van der Waals surface area (Å²) in [5.74, 6) is 5.91. The van der Waals surface area contributed by atoms with Crippen molar-refractivity contribution in [2.45, 2.75) is 204 Å². The Morgan fingerprint density at radius 2 is 1.35 bits per heavy atom. The number of unbranched alkanes of at least 4 members (excludes halogenated alkanes) is 2. The highest BCUT2D eigenvalue weighted by Crippen LogP contribution is 2.53. The molecular formula is C56H86N4O2S4. The minimum absolute atomic E-state index is 0.0141. The number of anilines is 2. The number of allylic oxidation sites excluding steroid dienone is 6. The number of benzene rings is 1. The van der Waals surface area contributed by atoms with Crippen molar-refractivity contribution in [2.24, 2.45) is 22.2 Å². The fourth-order valence-electron chi connectivity index (χ4n) is 10.5. The number of aliphatic imine (C=N–C) groups is 1. The van der Waals surface area contributed by atoms with Crippen molar-refractivity contribution in [1.82, 2.24) is 4.90 Å². The maximum atomic E-state index is 15.0. The van der Waals surface area contributed by atoms with Crippen molar-refractivity contribution < 1.29 is 9.90 Å². The summed E-state index contributed by atoms with van der Waals surface area (Å²) in [5, 5.41) is 16.0. The molecule has 66 heavy (non-hydrogen) atoms. The highest BCUT2D eigenvalue weighted by Gasteiger charge is 2.49. The van der Waals surface area contributed by atoms with E-state index in [1.165, 1.54) is 68.4 Å². The molecule has 1 saturated heterocycles. The SMILES string of the molecule is CCCCC(CC)CSCCCC(=S)N=C1C=C2C(=C/C1=C1/C(=O)C(c3cc4c(cc3NC(=S)CCCSCC(CC)CCCC)N(C(C)C)C(C)C4(C)C)=C1O)C(C)(C)C(C)N2C(C)C. The molecule has 0 spiro atoms. The number of fused-ring (bicyclic) bond motifs is 2. The van der Waals surface area contributed by atoms with Crippen LogP contribution in [0.5, 0.6) is 0 Å². The fraction of sp³-hybridized carbons (Fsp3) is 0.679. The first kappa shape index (κ1) is 54.5. The molecule has 1 aromatic rings. The van der Waals surface area contributed by atoms with Crippen molar-refractivity contribution in [3.05, 3.63) is 63.6 Å².